The zero-order valence-corrected chi connectivity index (χ0v) is 16.0. The van der Waals surface area contributed by atoms with Gasteiger partial charge in [0.25, 0.3) is 0 Å². The Balaban J connectivity index is 1.82. The molecule has 2 aromatic carbocycles. The fourth-order valence-electron chi connectivity index (χ4n) is 2.85. The molecule has 4 nitrogen and oxygen atoms in total. The molecule has 2 rings (SSSR count). The quantitative estimate of drug-likeness (QED) is 0.674. The SMILES string of the molecule is Cc1ccc(CNCCN(C)Cc2ccc(C)c(C)c2O)c(O)c1C. The molecule has 0 amide bonds. The van der Waals surface area contributed by atoms with Crippen LogP contribution < -0.4 is 5.32 Å². The van der Waals surface area contributed by atoms with Gasteiger partial charge in [0.1, 0.15) is 11.5 Å². The van der Waals surface area contributed by atoms with Crippen LogP contribution in [0.3, 0.4) is 0 Å². The number of phenolic OH excluding ortho intramolecular Hbond substituents is 2. The molecule has 0 spiro atoms. The highest BCUT2D eigenvalue weighted by atomic mass is 16.3. The van der Waals surface area contributed by atoms with Crippen molar-refractivity contribution >= 4 is 0 Å². The van der Waals surface area contributed by atoms with E-state index < -0.39 is 0 Å². The molecule has 25 heavy (non-hydrogen) atoms. The van der Waals surface area contributed by atoms with Gasteiger partial charge >= 0.3 is 0 Å². The third-order valence-electron chi connectivity index (χ3n) is 5.00. The lowest BCUT2D eigenvalue weighted by Gasteiger charge is -2.19. The maximum absolute atomic E-state index is 10.3. The third kappa shape index (κ3) is 4.74. The lowest BCUT2D eigenvalue weighted by Crippen LogP contribution is -2.28. The summed E-state index contributed by atoms with van der Waals surface area (Å²) in [5.41, 5.74) is 6.00. The van der Waals surface area contributed by atoms with Crippen molar-refractivity contribution in [2.75, 3.05) is 20.1 Å². The maximum atomic E-state index is 10.3. The number of nitrogens with one attached hydrogen (secondary N) is 1. The molecule has 0 fully saturated rings. The first-order valence-corrected chi connectivity index (χ1v) is 8.76. The first-order chi connectivity index (χ1) is 11.8. The Bertz CT molecular complexity index is 741. The largest absolute Gasteiger partial charge is 0.507 e. The molecule has 0 saturated carbocycles. The van der Waals surface area contributed by atoms with E-state index in [2.05, 4.69) is 16.3 Å². The van der Waals surface area contributed by atoms with Crippen LogP contribution in [0, 0.1) is 27.7 Å². The summed E-state index contributed by atoms with van der Waals surface area (Å²) in [6, 6.07) is 8.07. The normalized spacial score (nSPS) is 11.3. The van der Waals surface area contributed by atoms with Crippen LogP contribution in [0.4, 0.5) is 0 Å². The highest BCUT2D eigenvalue weighted by molar-refractivity contribution is 5.44. The number of aromatic hydroxyl groups is 2. The first-order valence-electron chi connectivity index (χ1n) is 8.76. The van der Waals surface area contributed by atoms with E-state index in [4.69, 9.17) is 0 Å². The minimum atomic E-state index is 0.390. The average molecular weight is 342 g/mol. The molecule has 0 heterocycles. The lowest BCUT2D eigenvalue weighted by atomic mass is 10.0. The Morgan fingerprint density at radius 1 is 0.840 bits per heavy atom. The van der Waals surface area contributed by atoms with Crippen molar-refractivity contribution in [3.8, 4) is 11.5 Å². The minimum Gasteiger partial charge on any atom is -0.507 e. The summed E-state index contributed by atoms with van der Waals surface area (Å²) in [4.78, 5) is 2.18. The zero-order valence-electron chi connectivity index (χ0n) is 16.0. The molecule has 3 N–H and O–H groups in total. The molecule has 0 saturated heterocycles. The van der Waals surface area contributed by atoms with Crippen LogP contribution in [0.1, 0.15) is 33.4 Å². The van der Waals surface area contributed by atoms with Gasteiger partial charge in [0.15, 0.2) is 0 Å². The molecule has 0 aliphatic carbocycles. The van der Waals surface area contributed by atoms with Crippen molar-refractivity contribution in [1.82, 2.24) is 10.2 Å². The molecule has 0 unspecified atom stereocenters. The molecule has 0 aliphatic heterocycles. The van der Waals surface area contributed by atoms with E-state index in [0.29, 0.717) is 24.6 Å². The van der Waals surface area contributed by atoms with Crippen molar-refractivity contribution < 1.29 is 10.2 Å². The lowest BCUT2D eigenvalue weighted by molar-refractivity contribution is 0.317. The van der Waals surface area contributed by atoms with Crippen molar-refractivity contribution in [2.24, 2.45) is 0 Å². The van der Waals surface area contributed by atoms with Crippen LogP contribution in [0.25, 0.3) is 0 Å². The van der Waals surface area contributed by atoms with E-state index in [-0.39, 0.29) is 0 Å². The van der Waals surface area contributed by atoms with Crippen molar-refractivity contribution in [3.63, 3.8) is 0 Å². The second kappa shape index (κ2) is 8.37. The Kier molecular flexibility index (Phi) is 6.45. The van der Waals surface area contributed by atoms with Gasteiger partial charge < -0.3 is 20.4 Å². The fraction of sp³-hybridized carbons (Fsp3) is 0.429. The number of hydrogen-bond donors (Lipinski definition) is 3. The number of benzene rings is 2. The fourth-order valence-corrected chi connectivity index (χ4v) is 2.85. The minimum absolute atomic E-state index is 0.390. The number of rotatable bonds is 7. The molecule has 0 radical (unpaired) electrons. The zero-order chi connectivity index (χ0) is 18.6. The molecule has 0 aliphatic rings. The second-order valence-electron chi connectivity index (χ2n) is 6.94. The van der Waals surface area contributed by atoms with Crippen LogP contribution in [0.15, 0.2) is 24.3 Å². The first kappa shape index (κ1) is 19.3. The standard InChI is InChI=1S/C21H30N2O2/c1-14-6-8-18(20(24)16(14)3)12-22-10-11-23(5)13-19-9-7-15(2)17(4)21(19)25/h6-9,22,24-25H,10-13H2,1-5H3. The predicted molar refractivity (Wildman–Crippen MR) is 103 cm³/mol. The number of aryl methyl sites for hydroxylation is 2. The topological polar surface area (TPSA) is 55.7 Å². The molecule has 4 heteroatoms. The number of likely N-dealkylation sites (N-methyl/N-ethyl adjacent to an activating group) is 1. The van der Waals surface area contributed by atoms with Gasteiger partial charge in [0, 0.05) is 37.3 Å². The summed E-state index contributed by atoms with van der Waals surface area (Å²) < 4.78 is 0. The van der Waals surface area contributed by atoms with Crippen molar-refractivity contribution in [1.29, 1.82) is 0 Å². The summed E-state index contributed by atoms with van der Waals surface area (Å²) in [5, 5.41) is 23.8. The van der Waals surface area contributed by atoms with Gasteiger partial charge in [-0.3, -0.25) is 0 Å². The molecule has 2 aromatic rings. The van der Waals surface area contributed by atoms with E-state index in [1.54, 1.807) is 0 Å². The Labute approximate surface area is 151 Å². The number of phenols is 2. The van der Waals surface area contributed by atoms with Crippen LogP contribution in [0.2, 0.25) is 0 Å². The van der Waals surface area contributed by atoms with Crippen LogP contribution in [0.5, 0.6) is 11.5 Å². The van der Waals surface area contributed by atoms with E-state index in [9.17, 15) is 10.2 Å². The summed E-state index contributed by atoms with van der Waals surface area (Å²) in [6.45, 7) is 10.9. The maximum Gasteiger partial charge on any atom is 0.123 e. The van der Waals surface area contributed by atoms with E-state index >= 15 is 0 Å². The predicted octanol–water partition coefficient (Wildman–Crippen LogP) is 3.55. The highest BCUT2D eigenvalue weighted by Crippen LogP contribution is 2.26. The van der Waals surface area contributed by atoms with E-state index in [0.717, 1.165) is 46.5 Å². The van der Waals surface area contributed by atoms with Gasteiger partial charge in [-0.2, -0.15) is 0 Å². The van der Waals surface area contributed by atoms with Gasteiger partial charge in [-0.15, -0.1) is 0 Å². The average Bonchev–Trinajstić information content (AvgIpc) is 2.59. The van der Waals surface area contributed by atoms with Crippen molar-refractivity contribution in [2.45, 2.75) is 40.8 Å². The summed E-state index contributed by atoms with van der Waals surface area (Å²) >= 11 is 0. The summed E-state index contributed by atoms with van der Waals surface area (Å²) in [5.74, 6) is 0.792. The molecular formula is C21H30N2O2. The summed E-state index contributed by atoms with van der Waals surface area (Å²) in [6.07, 6.45) is 0. The molecular weight excluding hydrogens is 312 g/mol. The van der Waals surface area contributed by atoms with E-state index in [1.165, 1.54) is 0 Å². The smallest absolute Gasteiger partial charge is 0.123 e. The molecule has 136 valence electrons. The summed E-state index contributed by atoms with van der Waals surface area (Å²) in [7, 11) is 2.05. The number of hydrogen-bond acceptors (Lipinski definition) is 4. The van der Waals surface area contributed by atoms with E-state index in [1.807, 2.05) is 52.9 Å². The van der Waals surface area contributed by atoms with Crippen molar-refractivity contribution in [3.05, 3.63) is 57.6 Å². The van der Waals surface area contributed by atoms with Crippen LogP contribution in [-0.4, -0.2) is 35.3 Å². The Morgan fingerprint density at radius 3 is 1.96 bits per heavy atom. The Hall–Kier alpha value is -2.04. The highest BCUT2D eigenvalue weighted by Gasteiger charge is 2.09. The Morgan fingerprint density at radius 2 is 1.36 bits per heavy atom. The van der Waals surface area contributed by atoms with Gasteiger partial charge in [0.05, 0.1) is 0 Å². The molecule has 0 aromatic heterocycles. The van der Waals surface area contributed by atoms with Gasteiger partial charge in [-0.1, -0.05) is 24.3 Å². The van der Waals surface area contributed by atoms with Gasteiger partial charge in [-0.05, 0) is 57.0 Å². The third-order valence-corrected chi connectivity index (χ3v) is 5.00. The monoisotopic (exact) mass is 342 g/mol. The van der Waals surface area contributed by atoms with Gasteiger partial charge in [0.2, 0.25) is 0 Å². The van der Waals surface area contributed by atoms with Gasteiger partial charge in [-0.25, -0.2) is 0 Å². The second-order valence-corrected chi connectivity index (χ2v) is 6.94. The molecule has 0 bridgehead atoms. The van der Waals surface area contributed by atoms with Crippen LogP contribution in [-0.2, 0) is 13.1 Å². The number of nitrogens with zero attached hydrogens (tertiary/aromatic N) is 1. The molecule has 0 atom stereocenters. The van der Waals surface area contributed by atoms with Crippen LogP contribution >= 0.6 is 0 Å².